The van der Waals surface area contributed by atoms with Gasteiger partial charge in [-0.2, -0.15) is 0 Å². The lowest BCUT2D eigenvalue weighted by Crippen LogP contribution is -2.27. The van der Waals surface area contributed by atoms with E-state index in [9.17, 15) is 4.39 Å². The Morgan fingerprint density at radius 2 is 1.87 bits per heavy atom. The zero-order valence-corrected chi connectivity index (χ0v) is 13.4. The van der Waals surface area contributed by atoms with Crippen LogP contribution in [-0.2, 0) is 5.66 Å². The molecule has 1 aromatic heterocycles. The first-order valence-corrected chi connectivity index (χ1v) is 7.56. The van der Waals surface area contributed by atoms with Crippen LogP contribution in [0.4, 0.5) is 4.39 Å². The molecule has 2 N–H and O–H groups in total. The van der Waals surface area contributed by atoms with Gasteiger partial charge in [-0.1, -0.05) is 32.0 Å². The minimum Gasteiger partial charge on any atom is -0.382 e. The lowest BCUT2D eigenvalue weighted by atomic mass is 9.88. The fourth-order valence-corrected chi connectivity index (χ4v) is 2.82. The highest BCUT2D eigenvalue weighted by Gasteiger charge is 2.39. The Labute approximate surface area is 135 Å². The van der Waals surface area contributed by atoms with Crippen molar-refractivity contribution >= 4 is 11.5 Å². The number of nitrogens with zero attached hydrogens (tertiary/aromatic N) is 3. The molecule has 0 amide bonds. The average molecular weight is 310 g/mol. The van der Waals surface area contributed by atoms with Gasteiger partial charge in [0.05, 0.1) is 11.9 Å². The fraction of sp³-hybridized carbons (Fsp3) is 0.278. The molecule has 1 atom stereocenters. The molecule has 2 heterocycles. The topological polar surface area (TPSA) is 63.6 Å². The van der Waals surface area contributed by atoms with E-state index in [1.807, 2.05) is 31.2 Å². The first-order valence-electron chi connectivity index (χ1n) is 7.56. The second-order valence-corrected chi connectivity index (χ2v) is 6.05. The Morgan fingerprint density at radius 1 is 1.09 bits per heavy atom. The molecule has 2 aromatic rings. The van der Waals surface area contributed by atoms with Crippen molar-refractivity contribution in [3.05, 3.63) is 54.1 Å². The van der Waals surface area contributed by atoms with Crippen LogP contribution in [-0.4, -0.2) is 16.5 Å². The molecule has 5 heteroatoms. The quantitative estimate of drug-likeness (QED) is 0.942. The minimum atomic E-state index is -0.717. The first-order chi connectivity index (χ1) is 10.9. The van der Waals surface area contributed by atoms with Crippen molar-refractivity contribution in [2.45, 2.75) is 26.4 Å². The summed E-state index contributed by atoms with van der Waals surface area (Å²) < 4.78 is 13.4. The Morgan fingerprint density at radius 3 is 2.48 bits per heavy atom. The number of amidine groups is 1. The molecule has 4 nitrogen and oxygen atoms in total. The van der Waals surface area contributed by atoms with E-state index < -0.39 is 5.66 Å². The highest BCUT2D eigenvalue weighted by atomic mass is 19.1. The molecule has 1 aliphatic rings. The van der Waals surface area contributed by atoms with Crippen LogP contribution >= 0.6 is 0 Å². The van der Waals surface area contributed by atoms with Crippen molar-refractivity contribution in [3.63, 3.8) is 0 Å². The Kier molecular flexibility index (Phi) is 3.72. The number of nitrogens with two attached hydrogens (primary N) is 1. The third-order valence-corrected chi connectivity index (χ3v) is 4.13. The number of aliphatic imine (C=N–C) groups is 2. The minimum absolute atomic E-state index is 0.138. The number of benzene rings is 1. The predicted octanol–water partition coefficient (Wildman–Crippen LogP) is 3.53. The molecule has 0 saturated heterocycles. The summed E-state index contributed by atoms with van der Waals surface area (Å²) in [5.74, 6) is 0.249. The van der Waals surface area contributed by atoms with Gasteiger partial charge in [-0.15, -0.1) is 0 Å². The molecule has 0 bridgehead atoms. The van der Waals surface area contributed by atoms with Gasteiger partial charge in [-0.25, -0.2) is 9.38 Å². The van der Waals surface area contributed by atoms with Crippen molar-refractivity contribution in [2.75, 3.05) is 0 Å². The van der Waals surface area contributed by atoms with E-state index in [1.165, 1.54) is 12.3 Å². The van der Waals surface area contributed by atoms with Crippen molar-refractivity contribution in [1.29, 1.82) is 0 Å². The molecule has 0 fully saturated rings. The number of pyridine rings is 1. The van der Waals surface area contributed by atoms with Gasteiger partial charge in [-0.05, 0) is 24.6 Å². The van der Waals surface area contributed by atoms with Crippen LogP contribution in [0.2, 0.25) is 0 Å². The molecule has 3 rings (SSSR count). The van der Waals surface area contributed by atoms with Gasteiger partial charge < -0.3 is 5.73 Å². The van der Waals surface area contributed by atoms with E-state index in [1.54, 1.807) is 6.20 Å². The smallest absolute Gasteiger partial charge is 0.180 e. The molecular formula is C18H19FN4. The normalized spacial score (nSPS) is 20.6. The van der Waals surface area contributed by atoms with Gasteiger partial charge in [0, 0.05) is 23.2 Å². The summed E-state index contributed by atoms with van der Waals surface area (Å²) >= 11 is 0. The number of rotatable bonds is 3. The lowest BCUT2D eigenvalue weighted by Gasteiger charge is -2.28. The maximum atomic E-state index is 13.4. The van der Waals surface area contributed by atoms with Crippen LogP contribution in [0.3, 0.4) is 0 Å². The molecule has 1 unspecified atom stereocenters. The zero-order valence-electron chi connectivity index (χ0n) is 13.4. The molecule has 0 saturated carbocycles. The summed E-state index contributed by atoms with van der Waals surface area (Å²) in [4.78, 5) is 13.3. The van der Waals surface area contributed by atoms with Crippen LogP contribution in [0.1, 0.15) is 26.3 Å². The van der Waals surface area contributed by atoms with Gasteiger partial charge in [-0.3, -0.25) is 9.98 Å². The van der Waals surface area contributed by atoms with Crippen molar-refractivity contribution in [1.82, 2.24) is 4.98 Å². The fourth-order valence-electron chi connectivity index (χ4n) is 2.82. The highest BCUT2D eigenvalue weighted by Crippen LogP contribution is 2.39. The summed E-state index contributed by atoms with van der Waals surface area (Å²) in [6.45, 7) is 5.99. The molecule has 1 aromatic carbocycles. The molecular weight excluding hydrogens is 291 g/mol. The van der Waals surface area contributed by atoms with E-state index >= 15 is 0 Å². The van der Waals surface area contributed by atoms with Crippen molar-refractivity contribution in [2.24, 2.45) is 21.6 Å². The van der Waals surface area contributed by atoms with E-state index in [4.69, 9.17) is 10.7 Å². The van der Waals surface area contributed by atoms with Gasteiger partial charge in [0.25, 0.3) is 0 Å². The zero-order chi connectivity index (χ0) is 16.6. The summed E-state index contributed by atoms with van der Waals surface area (Å²) in [5, 5.41) is 0. The van der Waals surface area contributed by atoms with Gasteiger partial charge in [0.1, 0.15) is 11.7 Å². The molecule has 1 aliphatic heterocycles. The van der Waals surface area contributed by atoms with E-state index in [0.717, 1.165) is 22.4 Å². The molecule has 23 heavy (non-hydrogen) atoms. The van der Waals surface area contributed by atoms with Crippen LogP contribution in [0, 0.1) is 11.7 Å². The third kappa shape index (κ3) is 2.63. The summed E-state index contributed by atoms with van der Waals surface area (Å²) in [6.07, 6.45) is 2.84. The van der Waals surface area contributed by atoms with Crippen LogP contribution in [0.15, 0.2) is 52.7 Å². The van der Waals surface area contributed by atoms with Crippen molar-refractivity contribution in [3.8, 4) is 11.1 Å². The van der Waals surface area contributed by atoms with Gasteiger partial charge in [0.15, 0.2) is 5.66 Å². The second-order valence-electron chi connectivity index (χ2n) is 6.05. The van der Waals surface area contributed by atoms with Crippen LogP contribution < -0.4 is 5.73 Å². The number of hydrogen-bond acceptors (Lipinski definition) is 4. The first kappa shape index (κ1) is 15.3. The second kappa shape index (κ2) is 5.57. The third-order valence-electron chi connectivity index (χ3n) is 4.13. The number of halogens is 1. The summed E-state index contributed by atoms with van der Waals surface area (Å²) in [6, 6.07) is 9.28. The SMILES string of the molecule is CC1=NC(c2cccc(-c3cncc(F)c3)c2)(C(C)C)N=C1N. The van der Waals surface area contributed by atoms with Gasteiger partial charge >= 0.3 is 0 Å². The maximum Gasteiger partial charge on any atom is 0.180 e. The lowest BCUT2D eigenvalue weighted by molar-refractivity contribution is 0.343. The summed E-state index contributed by atoms with van der Waals surface area (Å²) in [5.41, 5.74) is 8.53. The standard InChI is InChI=1S/C18H19FN4/c1-11(2)18(22-12(3)17(20)23-18)15-6-4-5-13(7-15)14-8-16(19)10-21-9-14/h4-11H,1-3H3,(H2,20,23). The molecule has 118 valence electrons. The molecule has 0 radical (unpaired) electrons. The Hall–Kier alpha value is -2.56. The average Bonchev–Trinajstić information content (AvgIpc) is 2.84. The Balaban J connectivity index is 2.13. The number of aromatic nitrogens is 1. The summed E-state index contributed by atoms with van der Waals surface area (Å²) in [7, 11) is 0. The highest BCUT2D eigenvalue weighted by molar-refractivity contribution is 6.41. The Bertz CT molecular complexity index is 790. The maximum absolute atomic E-state index is 13.4. The van der Waals surface area contributed by atoms with E-state index in [0.29, 0.717) is 5.84 Å². The van der Waals surface area contributed by atoms with Crippen LogP contribution in [0.25, 0.3) is 11.1 Å². The van der Waals surface area contributed by atoms with E-state index in [2.05, 4.69) is 23.8 Å². The monoisotopic (exact) mass is 310 g/mol. The van der Waals surface area contributed by atoms with Crippen LogP contribution in [0.5, 0.6) is 0 Å². The predicted molar refractivity (Wildman–Crippen MR) is 90.9 cm³/mol. The van der Waals surface area contributed by atoms with Gasteiger partial charge in [0.2, 0.25) is 0 Å². The molecule has 0 spiro atoms. The molecule has 0 aliphatic carbocycles. The largest absolute Gasteiger partial charge is 0.382 e. The van der Waals surface area contributed by atoms with E-state index in [-0.39, 0.29) is 11.7 Å². The number of hydrogen-bond donors (Lipinski definition) is 1. The van der Waals surface area contributed by atoms with Crippen molar-refractivity contribution < 1.29 is 4.39 Å².